The average Bonchev–Trinajstić information content (AvgIpc) is 2.79. The molecule has 1 aromatic heterocycles. The van der Waals surface area contributed by atoms with Gasteiger partial charge in [0.15, 0.2) is 0 Å². The average molecular weight is 295 g/mol. The molecule has 0 aromatic carbocycles. The molecular weight excluding hydrogens is 264 g/mol. The minimum absolute atomic E-state index is 0.541. The third kappa shape index (κ3) is 3.82. The lowest BCUT2D eigenvalue weighted by Gasteiger charge is -2.34. The maximum atomic E-state index is 4.64. The summed E-state index contributed by atoms with van der Waals surface area (Å²) in [4.78, 5) is 6.14. The van der Waals surface area contributed by atoms with Crippen LogP contribution in [0.2, 0.25) is 0 Å². The van der Waals surface area contributed by atoms with Crippen LogP contribution in [-0.2, 0) is 0 Å². The van der Waals surface area contributed by atoms with Crippen LogP contribution in [0.1, 0.15) is 74.0 Å². The van der Waals surface area contributed by atoms with Crippen LogP contribution >= 0.6 is 11.3 Å². The van der Waals surface area contributed by atoms with E-state index in [4.69, 9.17) is 0 Å². The molecule has 1 aliphatic rings. The maximum Gasteiger partial charge on any atom is 0.0900 e. The van der Waals surface area contributed by atoms with E-state index >= 15 is 0 Å². The van der Waals surface area contributed by atoms with Crippen molar-refractivity contribution in [2.24, 2.45) is 11.8 Å². The lowest BCUT2D eigenvalue weighted by Crippen LogP contribution is -2.31. The van der Waals surface area contributed by atoms with Crippen molar-refractivity contribution >= 4 is 11.3 Å². The second-order valence-corrected chi connectivity index (χ2v) is 7.54. The van der Waals surface area contributed by atoms with Crippen LogP contribution in [0.5, 0.6) is 0 Å². The van der Waals surface area contributed by atoms with Crippen LogP contribution in [0, 0.1) is 25.7 Å². The quantitative estimate of drug-likeness (QED) is 0.797. The molecule has 114 valence electrons. The Bertz CT molecular complexity index is 405. The molecule has 2 rings (SSSR count). The third-order valence-electron chi connectivity index (χ3n) is 4.78. The van der Waals surface area contributed by atoms with Crippen molar-refractivity contribution in [3.8, 4) is 0 Å². The predicted octanol–water partition coefficient (Wildman–Crippen LogP) is 5.02. The molecule has 1 atom stereocenters. The highest BCUT2D eigenvalue weighted by molar-refractivity contribution is 7.11. The van der Waals surface area contributed by atoms with Crippen LogP contribution in [0.15, 0.2) is 0 Å². The van der Waals surface area contributed by atoms with Gasteiger partial charge in [-0.2, -0.15) is 0 Å². The number of nitrogens with one attached hydrogen (secondary N) is 1. The first-order valence-corrected chi connectivity index (χ1v) is 9.14. The van der Waals surface area contributed by atoms with Crippen LogP contribution in [0.4, 0.5) is 0 Å². The SMILES string of the molecule is CCCNC(c1sc(C)nc1C)C1CCC(CC)CC1. The van der Waals surface area contributed by atoms with E-state index in [1.165, 1.54) is 54.1 Å². The number of nitrogens with zero attached hydrogens (tertiary/aromatic N) is 1. The first kappa shape index (κ1) is 16.0. The number of rotatable bonds is 6. The Kier molecular flexibility index (Phi) is 6.03. The van der Waals surface area contributed by atoms with Crippen molar-refractivity contribution in [1.29, 1.82) is 0 Å². The van der Waals surface area contributed by atoms with E-state index in [0.717, 1.165) is 18.4 Å². The molecule has 0 aliphatic heterocycles. The maximum absolute atomic E-state index is 4.64. The van der Waals surface area contributed by atoms with Gasteiger partial charge in [0.2, 0.25) is 0 Å². The number of aromatic nitrogens is 1. The summed E-state index contributed by atoms with van der Waals surface area (Å²) < 4.78 is 0. The fourth-order valence-corrected chi connectivity index (χ4v) is 4.64. The highest BCUT2D eigenvalue weighted by Gasteiger charge is 2.29. The van der Waals surface area contributed by atoms with Crippen LogP contribution in [0.25, 0.3) is 0 Å². The van der Waals surface area contributed by atoms with Gasteiger partial charge in [0, 0.05) is 10.9 Å². The smallest absolute Gasteiger partial charge is 0.0900 e. The fraction of sp³-hybridized carbons (Fsp3) is 0.824. The normalized spacial score (nSPS) is 24.8. The minimum Gasteiger partial charge on any atom is -0.309 e. The monoisotopic (exact) mass is 294 g/mol. The zero-order chi connectivity index (χ0) is 14.5. The van der Waals surface area contributed by atoms with Gasteiger partial charge in [-0.1, -0.05) is 33.1 Å². The number of hydrogen-bond donors (Lipinski definition) is 1. The lowest BCUT2D eigenvalue weighted by atomic mass is 9.77. The fourth-order valence-electron chi connectivity index (χ4n) is 3.54. The molecule has 0 bridgehead atoms. The largest absolute Gasteiger partial charge is 0.309 e. The summed E-state index contributed by atoms with van der Waals surface area (Å²) in [5, 5.41) is 5.02. The molecule has 0 saturated heterocycles. The summed E-state index contributed by atoms with van der Waals surface area (Å²) >= 11 is 1.90. The van der Waals surface area contributed by atoms with Crippen molar-refractivity contribution < 1.29 is 0 Å². The molecule has 1 aromatic rings. The first-order valence-electron chi connectivity index (χ1n) is 8.33. The van der Waals surface area contributed by atoms with Gasteiger partial charge in [-0.15, -0.1) is 11.3 Å². The zero-order valence-electron chi connectivity index (χ0n) is 13.5. The second-order valence-electron chi connectivity index (χ2n) is 6.30. The van der Waals surface area contributed by atoms with E-state index < -0.39 is 0 Å². The number of thiazole rings is 1. The van der Waals surface area contributed by atoms with Gasteiger partial charge in [-0.3, -0.25) is 0 Å². The van der Waals surface area contributed by atoms with E-state index in [2.05, 4.69) is 38.0 Å². The third-order valence-corrected chi connectivity index (χ3v) is 5.93. The van der Waals surface area contributed by atoms with Crippen LogP contribution in [0.3, 0.4) is 0 Å². The molecule has 1 saturated carbocycles. The van der Waals surface area contributed by atoms with E-state index in [-0.39, 0.29) is 0 Å². The van der Waals surface area contributed by atoms with Crippen molar-refractivity contribution in [1.82, 2.24) is 10.3 Å². The standard InChI is InChI=1S/C17H30N2S/c1-5-11-18-16(17-12(3)19-13(4)20-17)15-9-7-14(6-2)8-10-15/h14-16,18H,5-11H2,1-4H3. The summed E-state index contributed by atoms with van der Waals surface area (Å²) in [6.45, 7) is 10.0. The Labute approximate surface area is 128 Å². The molecule has 3 heteroatoms. The topological polar surface area (TPSA) is 24.9 Å². The Morgan fingerprint density at radius 2 is 1.90 bits per heavy atom. The Hall–Kier alpha value is -0.410. The van der Waals surface area contributed by atoms with Gasteiger partial charge in [-0.25, -0.2) is 4.98 Å². The molecule has 1 fully saturated rings. The second kappa shape index (κ2) is 7.56. The Morgan fingerprint density at radius 1 is 1.20 bits per heavy atom. The molecule has 1 unspecified atom stereocenters. The van der Waals surface area contributed by atoms with Crippen LogP contribution in [-0.4, -0.2) is 11.5 Å². The molecule has 1 N–H and O–H groups in total. The van der Waals surface area contributed by atoms with Gasteiger partial charge in [-0.05, 0) is 51.5 Å². The van der Waals surface area contributed by atoms with Gasteiger partial charge < -0.3 is 5.32 Å². The van der Waals surface area contributed by atoms with E-state index in [9.17, 15) is 0 Å². The van der Waals surface area contributed by atoms with Crippen LogP contribution < -0.4 is 5.32 Å². The van der Waals surface area contributed by atoms with Crippen molar-refractivity contribution in [3.05, 3.63) is 15.6 Å². The van der Waals surface area contributed by atoms with Crippen molar-refractivity contribution in [3.63, 3.8) is 0 Å². The summed E-state index contributed by atoms with van der Waals surface area (Å²) in [5.41, 5.74) is 1.25. The van der Waals surface area contributed by atoms with Crippen molar-refractivity contribution in [2.75, 3.05) is 6.54 Å². The molecule has 20 heavy (non-hydrogen) atoms. The molecule has 0 radical (unpaired) electrons. The zero-order valence-corrected chi connectivity index (χ0v) is 14.4. The highest BCUT2D eigenvalue weighted by Crippen LogP contribution is 2.40. The molecular formula is C17H30N2S. The van der Waals surface area contributed by atoms with E-state index in [0.29, 0.717) is 6.04 Å². The number of hydrogen-bond acceptors (Lipinski definition) is 3. The Morgan fingerprint density at radius 3 is 2.40 bits per heavy atom. The summed E-state index contributed by atoms with van der Waals surface area (Å²) in [6, 6.07) is 0.541. The molecule has 1 heterocycles. The number of aryl methyl sites for hydroxylation is 2. The molecule has 0 amide bonds. The van der Waals surface area contributed by atoms with E-state index in [1.54, 1.807) is 0 Å². The summed E-state index contributed by atoms with van der Waals surface area (Å²) in [6.07, 6.45) is 8.17. The van der Waals surface area contributed by atoms with E-state index in [1.807, 2.05) is 11.3 Å². The van der Waals surface area contributed by atoms with Gasteiger partial charge in [0.1, 0.15) is 0 Å². The predicted molar refractivity (Wildman–Crippen MR) is 88.4 cm³/mol. The van der Waals surface area contributed by atoms with Crippen molar-refractivity contribution in [2.45, 2.75) is 72.3 Å². The highest BCUT2D eigenvalue weighted by atomic mass is 32.1. The molecule has 1 aliphatic carbocycles. The molecule has 0 spiro atoms. The minimum atomic E-state index is 0.541. The van der Waals surface area contributed by atoms with Gasteiger partial charge >= 0.3 is 0 Å². The van der Waals surface area contributed by atoms with Gasteiger partial charge in [0.05, 0.1) is 10.7 Å². The lowest BCUT2D eigenvalue weighted by molar-refractivity contribution is 0.220. The molecule has 2 nitrogen and oxygen atoms in total. The van der Waals surface area contributed by atoms with Gasteiger partial charge in [0.25, 0.3) is 0 Å². The Balaban J connectivity index is 2.09. The summed E-state index contributed by atoms with van der Waals surface area (Å²) in [7, 11) is 0. The first-order chi connectivity index (χ1) is 9.65. The summed E-state index contributed by atoms with van der Waals surface area (Å²) in [5.74, 6) is 1.78.